The summed E-state index contributed by atoms with van der Waals surface area (Å²) in [6, 6.07) is 0. The van der Waals surface area contributed by atoms with Crippen LogP contribution in [0.2, 0.25) is 0 Å². The molecule has 4 nitrogen and oxygen atoms in total. The van der Waals surface area contributed by atoms with Crippen LogP contribution >= 0.6 is 0 Å². The second-order valence-electron chi connectivity index (χ2n) is 1.20. The molecule has 0 radical (unpaired) electrons. The van der Waals surface area contributed by atoms with Crippen LogP contribution in [0.25, 0.3) is 0 Å². The number of rotatable bonds is 4. The van der Waals surface area contributed by atoms with Gasteiger partial charge in [-0.3, -0.25) is 0 Å². The van der Waals surface area contributed by atoms with E-state index in [0.29, 0.717) is 13.1 Å². The van der Waals surface area contributed by atoms with Crippen LogP contribution in [0.3, 0.4) is 0 Å². The molecule has 9 heavy (non-hydrogen) atoms. The number of hydrogen-bond donors (Lipinski definition) is 3. The maximum Gasteiger partial charge on any atom is 0.0555 e. The summed E-state index contributed by atoms with van der Waals surface area (Å²) in [6.45, 7) is 1.42. The number of hydrogen-bond acceptors (Lipinski definition) is 3. The standard InChI is InChI=1S/C4H11NO2.H2O.Ti/c6-3-1-5-2-4-7;;/h5-7H,1-4H2;1H2;. The third-order valence-corrected chi connectivity index (χ3v) is 0.577. The van der Waals surface area contributed by atoms with Crippen LogP contribution in [0.15, 0.2) is 0 Å². The Bertz CT molecular complexity index is 35.0. The second-order valence-corrected chi connectivity index (χ2v) is 1.20. The maximum absolute atomic E-state index is 8.15. The first-order valence-electron chi connectivity index (χ1n) is 2.34. The van der Waals surface area contributed by atoms with Gasteiger partial charge in [-0.25, -0.2) is 0 Å². The van der Waals surface area contributed by atoms with Crippen LogP contribution in [0.1, 0.15) is 0 Å². The van der Waals surface area contributed by atoms with E-state index < -0.39 is 0 Å². The minimum absolute atomic E-state index is 0. The number of nitrogens with one attached hydrogen (secondary N) is 1. The van der Waals surface area contributed by atoms with E-state index in [1.54, 1.807) is 0 Å². The van der Waals surface area contributed by atoms with E-state index in [9.17, 15) is 0 Å². The van der Waals surface area contributed by atoms with Crippen molar-refractivity contribution in [1.82, 2.24) is 5.32 Å². The van der Waals surface area contributed by atoms with Crippen LogP contribution in [-0.4, -0.2) is 42.0 Å². The Morgan fingerprint density at radius 3 is 1.56 bits per heavy atom. The predicted molar refractivity (Wildman–Crippen MR) is 30.7 cm³/mol. The summed E-state index contributed by atoms with van der Waals surface area (Å²) in [5.41, 5.74) is 0. The van der Waals surface area contributed by atoms with Crippen molar-refractivity contribution in [2.45, 2.75) is 0 Å². The molecule has 0 aliphatic rings. The van der Waals surface area contributed by atoms with Gasteiger partial charge in [0.1, 0.15) is 0 Å². The van der Waals surface area contributed by atoms with Crippen LogP contribution in [-0.2, 0) is 21.7 Å². The van der Waals surface area contributed by atoms with Crippen molar-refractivity contribution in [3.05, 3.63) is 0 Å². The molecule has 0 rings (SSSR count). The third kappa shape index (κ3) is 17.7. The van der Waals surface area contributed by atoms with E-state index in [1.165, 1.54) is 0 Å². The van der Waals surface area contributed by atoms with E-state index in [4.69, 9.17) is 10.2 Å². The zero-order chi connectivity index (χ0) is 5.54. The van der Waals surface area contributed by atoms with Crippen LogP contribution in [0.4, 0.5) is 0 Å². The largest absolute Gasteiger partial charge is 0.412 e. The topological polar surface area (TPSA) is 84.0 Å². The molecule has 56 valence electrons. The Hall–Kier alpha value is 0.554. The zero-order valence-corrected chi connectivity index (χ0v) is 6.78. The first-order chi connectivity index (χ1) is 3.41. The van der Waals surface area contributed by atoms with E-state index >= 15 is 0 Å². The summed E-state index contributed by atoms with van der Waals surface area (Å²) in [4.78, 5) is 0. The number of aliphatic hydroxyl groups is 2. The van der Waals surface area contributed by atoms with Crippen molar-refractivity contribution < 1.29 is 37.4 Å². The average Bonchev–Trinajstić information content (AvgIpc) is 1.69. The summed E-state index contributed by atoms with van der Waals surface area (Å²) in [7, 11) is 0. The average molecular weight is 171 g/mol. The van der Waals surface area contributed by atoms with Gasteiger partial charge in [0.15, 0.2) is 0 Å². The molecule has 0 saturated heterocycles. The molecule has 0 fully saturated rings. The Kier molecular flexibility index (Phi) is 28.6. The van der Waals surface area contributed by atoms with Gasteiger partial charge in [0.05, 0.1) is 13.2 Å². The number of aliphatic hydroxyl groups excluding tert-OH is 2. The van der Waals surface area contributed by atoms with E-state index in [2.05, 4.69) is 5.32 Å². The van der Waals surface area contributed by atoms with Crippen LogP contribution < -0.4 is 5.32 Å². The maximum atomic E-state index is 8.15. The molecule has 0 aliphatic heterocycles. The quantitative estimate of drug-likeness (QED) is 0.329. The summed E-state index contributed by atoms with van der Waals surface area (Å²) in [5.74, 6) is 0. The summed E-state index contributed by atoms with van der Waals surface area (Å²) < 4.78 is 0. The smallest absolute Gasteiger partial charge is 0.0555 e. The predicted octanol–water partition coefficient (Wildman–Crippen LogP) is -2.27. The Balaban J connectivity index is -0.000000180. The van der Waals surface area contributed by atoms with Gasteiger partial charge in [-0.15, -0.1) is 0 Å². The molecular weight excluding hydrogens is 158 g/mol. The Morgan fingerprint density at radius 1 is 1.00 bits per heavy atom. The first-order valence-corrected chi connectivity index (χ1v) is 2.34. The molecule has 0 unspecified atom stereocenters. The molecule has 0 spiro atoms. The van der Waals surface area contributed by atoms with Crippen molar-refractivity contribution in [2.24, 2.45) is 0 Å². The third-order valence-electron chi connectivity index (χ3n) is 0.577. The van der Waals surface area contributed by atoms with Gasteiger partial charge in [0, 0.05) is 34.8 Å². The molecule has 0 saturated carbocycles. The van der Waals surface area contributed by atoms with Crippen molar-refractivity contribution in [3.8, 4) is 0 Å². The Morgan fingerprint density at radius 2 is 1.33 bits per heavy atom. The second kappa shape index (κ2) is 15.8. The fourth-order valence-electron chi connectivity index (χ4n) is 0.283. The fourth-order valence-corrected chi connectivity index (χ4v) is 0.283. The van der Waals surface area contributed by atoms with E-state index in [1.807, 2.05) is 0 Å². The van der Waals surface area contributed by atoms with Gasteiger partial charge in [-0.1, -0.05) is 0 Å². The molecule has 0 bridgehead atoms. The van der Waals surface area contributed by atoms with Crippen molar-refractivity contribution in [2.75, 3.05) is 26.3 Å². The monoisotopic (exact) mass is 171 g/mol. The minimum Gasteiger partial charge on any atom is -0.412 e. The molecule has 0 heterocycles. The van der Waals surface area contributed by atoms with Crippen molar-refractivity contribution in [1.29, 1.82) is 0 Å². The molecule has 5 heteroatoms. The zero-order valence-electron chi connectivity index (χ0n) is 5.22. The fraction of sp³-hybridized carbons (Fsp3) is 1.00. The van der Waals surface area contributed by atoms with Crippen molar-refractivity contribution >= 4 is 0 Å². The summed E-state index contributed by atoms with van der Waals surface area (Å²) in [5, 5.41) is 19.1. The molecule has 5 N–H and O–H groups in total. The van der Waals surface area contributed by atoms with Crippen LogP contribution in [0.5, 0.6) is 0 Å². The Labute approximate surface area is 69.5 Å². The van der Waals surface area contributed by atoms with Gasteiger partial charge in [-0.2, -0.15) is 0 Å². The minimum atomic E-state index is 0. The van der Waals surface area contributed by atoms with Gasteiger partial charge in [0.2, 0.25) is 0 Å². The molecule has 0 aromatic carbocycles. The first kappa shape index (κ1) is 16.3. The van der Waals surface area contributed by atoms with Gasteiger partial charge in [-0.05, 0) is 0 Å². The normalized spacial score (nSPS) is 7.33. The van der Waals surface area contributed by atoms with Gasteiger partial charge >= 0.3 is 0 Å². The molecular formula is C4H13NO3Ti. The van der Waals surface area contributed by atoms with Gasteiger partial charge < -0.3 is 21.0 Å². The molecule has 0 atom stereocenters. The van der Waals surface area contributed by atoms with Crippen molar-refractivity contribution in [3.63, 3.8) is 0 Å². The van der Waals surface area contributed by atoms with Gasteiger partial charge in [0.25, 0.3) is 0 Å². The van der Waals surface area contributed by atoms with Crippen LogP contribution in [0, 0.1) is 0 Å². The van der Waals surface area contributed by atoms with E-state index in [-0.39, 0.29) is 40.4 Å². The molecule has 0 aromatic heterocycles. The SMILES string of the molecule is O.OCCNCCO.[Ti]. The summed E-state index contributed by atoms with van der Waals surface area (Å²) >= 11 is 0. The van der Waals surface area contributed by atoms with E-state index in [0.717, 1.165) is 0 Å². The molecule has 0 aliphatic carbocycles. The molecule has 0 amide bonds. The summed E-state index contributed by atoms with van der Waals surface area (Å²) in [6.07, 6.45) is 0. The molecule has 0 aromatic rings.